The minimum Gasteiger partial charge on any atom is -0.444 e. The van der Waals surface area contributed by atoms with Gasteiger partial charge in [0.15, 0.2) is 0 Å². The number of nitrogens with one attached hydrogen (secondary N) is 1. The fourth-order valence-electron chi connectivity index (χ4n) is 4.27. The predicted molar refractivity (Wildman–Crippen MR) is 130 cm³/mol. The molecule has 7 nitrogen and oxygen atoms in total. The Hall–Kier alpha value is -3.21. The summed E-state index contributed by atoms with van der Waals surface area (Å²) in [5.74, 6) is -0.748. The first kappa shape index (κ1) is 25.9. The highest BCUT2D eigenvalue weighted by Gasteiger charge is 2.29. The Labute approximate surface area is 207 Å². The summed E-state index contributed by atoms with van der Waals surface area (Å²) in [6.07, 6.45) is -1.33. The molecule has 1 N–H and O–H groups in total. The van der Waals surface area contributed by atoms with E-state index in [0.717, 1.165) is 22.3 Å². The van der Waals surface area contributed by atoms with Crippen molar-refractivity contribution in [1.29, 1.82) is 0 Å². The second-order valence-electron chi connectivity index (χ2n) is 9.73. The minimum atomic E-state index is -4.32. The zero-order valence-electron chi connectivity index (χ0n) is 20.2. The lowest BCUT2D eigenvalue weighted by Crippen LogP contribution is -2.44. The number of anilines is 1. The average Bonchev–Trinajstić information content (AvgIpc) is 3.20. The highest BCUT2D eigenvalue weighted by atomic mass is 32.2. The van der Waals surface area contributed by atoms with Crippen LogP contribution in [-0.2, 0) is 14.8 Å². The van der Waals surface area contributed by atoms with Crippen LogP contribution >= 0.6 is 0 Å². The molecule has 0 unspecified atom stereocenters. The molecule has 0 saturated carbocycles. The predicted octanol–water partition coefficient (Wildman–Crippen LogP) is 5.77. The van der Waals surface area contributed by atoms with E-state index in [-0.39, 0.29) is 21.8 Å². The lowest BCUT2D eigenvalue weighted by molar-refractivity contribution is 0.0210. The van der Waals surface area contributed by atoms with Crippen molar-refractivity contribution >= 4 is 32.7 Å². The first-order valence-corrected chi connectivity index (χ1v) is 13.0. The fraction of sp³-hybridized carbons (Fsp3) is 0.400. The third-order valence-electron chi connectivity index (χ3n) is 5.92. The van der Waals surface area contributed by atoms with Gasteiger partial charge in [0.25, 0.3) is 16.4 Å². The third-order valence-corrected chi connectivity index (χ3v) is 7.59. The summed E-state index contributed by atoms with van der Waals surface area (Å²) in [7, 11) is -4.32. The van der Waals surface area contributed by atoms with Crippen LogP contribution in [0.1, 0.15) is 45.6 Å². The van der Waals surface area contributed by atoms with Crippen LogP contribution in [0.3, 0.4) is 0 Å². The molecule has 2 heterocycles. The maximum absolute atomic E-state index is 14.0. The van der Waals surface area contributed by atoms with Crippen LogP contribution in [0.25, 0.3) is 10.9 Å². The Morgan fingerprint density at radius 3 is 2.39 bits per heavy atom. The first-order chi connectivity index (χ1) is 16.9. The molecule has 1 fully saturated rings. The second-order valence-corrected chi connectivity index (χ2v) is 11.5. The molecule has 1 saturated heterocycles. The SMILES string of the molecule is CC(C)(C)OC(=O)N1CCC(Nc2cccc3c2c(C(F)F)cn3S(=O)(=O)c2cccc(F)c2)CC1. The van der Waals surface area contributed by atoms with E-state index in [1.54, 1.807) is 37.8 Å². The van der Waals surface area contributed by atoms with E-state index >= 15 is 0 Å². The monoisotopic (exact) mass is 523 g/mol. The molecule has 194 valence electrons. The summed E-state index contributed by atoms with van der Waals surface area (Å²) in [5, 5.41) is 3.35. The van der Waals surface area contributed by atoms with Gasteiger partial charge in [-0.25, -0.2) is 30.4 Å². The molecule has 36 heavy (non-hydrogen) atoms. The second kappa shape index (κ2) is 9.68. The molecule has 1 aromatic heterocycles. The number of nitrogens with zero attached hydrogens (tertiary/aromatic N) is 2. The Balaban J connectivity index is 1.63. The number of carbonyl (C=O) groups is 1. The first-order valence-electron chi connectivity index (χ1n) is 11.5. The fourth-order valence-corrected chi connectivity index (χ4v) is 5.67. The van der Waals surface area contributed by atoms with Gasteiger partial charge in [-0.3, -0.25) is 0 Å². The molecular weight excluding hydrogens is 495 g/mol. The number of hydrogen-bond donors (Lipinski definition) is 1. The number of rotatable bonds is 5. The van der Waals surface area contributed by atoms with Crippen molar-refractivity contribution in [1.82, 2.24) is 8.87 Å². The molecule has 1 aliphatic rings. The van der Waals surface area contributed by atoms with E-state index in [0.29, 0.717) is 31.6 Å². The normalized spacial score (nSPS) is 15.5. The number of alkyl halides is 2. The number of likely N-dealkylation sites (tertiary alicyclic amines) is 1. The molecule has 1 amide bonds. The van der Waals surface area contributed by atoms with E-state index in [2.05, 4.69) is 5.32 Å². The Morgan fingerprint density at radius 2 is 1.78 bits per heavy atom. The summed E-state index contributed by atoms with van der Waals surface area (Å²) < 4.78 is 74.4. The van der Waals surface area contributed by atoms with Crippen LogP contribution in [0.2, 0.25) is 0 Å². The number of amides is 1. The van der Waals surface area contributed by atoms with Crippen molar-refractivity contribution in [3.8, 4) is 0 Å². The Kier molecular flexibility index (Phi) is 6.96. The van der Waals surface area contributed by atoms with Gasteiger partial charge < -0.3 is 15.0 Å². The maximum atomic E-state index is 14.0. The molecule has 0 spiro atoms. The molecule has 0 bridgehead atoms. The van der Waals surface area contributed by atoms with Crippen LogP contribution in [0, 0.1) is 5.82 Å². The number of ether oxygens (including phenoxy) is 1. The van der Waals surface area contributed by atoms with Crippen molar-refractivity contribution in [3.63, 3.8) is 0 Å². The van der Waals surface area contributed by atoms with Crippen LogP contribution in [-0.4, -0.2) is 48.1 Å². The molecule has 4 rings (SSSR count). The van der Waals surface area contributed by atoms with Gasteiger partial charge in [-0.05, 0) is 63.9 Å². The molecular formula is C25H28F3N3O4S. The van der Waals surface area contributed by atoms with Gasteiger partial charge in [-0.15, -0.1) is 0 Å². The zero-order chi connectivity index (χ0) is 26.3. The van der Waals surface area contributed by atoms with Gasteiger partial charge in [-0.2, -0.15) is 0 Å². The van der Waals surface area contributed by atoms with Crippen molar-refractivity contribution < 1.29 is 31.1 Å². The van der Waals surface area contributed by atoms with Crippen molar-refractivity contribution in [3.05, 3.63) is 60.0 Å². The standard InChI is InChI=1S/C25H28F3N3O4S/c1-25(2,3)35-24(32)30-12-10-17(11-13-30)29-20-8-5-9-21-22(20)19(23(27)28)15-31(21)36(33,34)18-7-4-6-16(26)14-18/h4-9,14-15,17,23,29H,10-13H2,1-3H3. The van der Waals surface area contributed by atoms with Crippen molar-refractivity contribution in [2.24, 2.45) is 0 Å². The summed E-state index contributed by atoms with van der Waals surface area (Å²) in [6.45, 7) is 6.24. The maximum Gasteiger partial charge on any atom is 0.410 e. The van der Waals surface area contributed by atoms with Gasteiger partial charge in [0.2, 0.25) is 0 Å². The Bertz CT molecular complexity index is 1370. The number of carbonyl (C=O) groups excluding carboxylic acids is 1. The molecule has 0 atom stereocenters. The van der Waals surface area contributed by atoms with Crippen molar-refractivity contribution in [2.75, 3.05) is 18.4 Å². The minimum absolute atomic E-state index is 0.0609. The number of halogens is 3. The lowest BCUT2D eigenvalue weighted by atomic mass is 10.0. The highest BCUT2D eigenvalue weighted by molar-refractivity contribution is 7.90. The van der Waals surface area contributed by atoms with Crippen LogP contribution in [0.4, 0.5) is 23.7 Å². The van der Waals surface area contributed by atoms with E-state index in [9.17, 15) is 26.4 Å². The Morgan fingerprint density at radius 1 is 1.11 bits per heavy atom. The van der Waals surface area contributed by atoms with Gasteiger partial charge >= 0.3 is 6.09 Å². The third kappa shape index (κ3) is 5.30. The van der Waals surface area contributed by atoms with Crippen LogP contribution in [0.5, 0.6) is 0 Å². The molecule has 3 aromatic rings. The highest BCUT2D eigenvalue weighted by Crippen LogP contribution is 2.37. The topological polar surface area (TPSA) is 80.6 Å². The van der Waals surface area contributed by atoms with Crippen LogP contribution in [0.15, 0.2) is 53.6 Å². The summed E-state index contributed by atoms with van der Waals surface area (Å²) in [6, 6.07) is 8.93. The quantitative estimate of drug-likeness (QED) is 0.460. The van der Waals surface area contributed by atoms with Gasteiger partial charge in [0.05, 0.1) is 10.4 Å². The number of hydrogen-bond acceptors (Lipinski definition) is 5. The lowest BCUT2D eigenvalue weighted by Gasteiger charge is -2.34. The number of benzene rings is 2. The van der Waals surface area contributed by atoms with Crippen LogP contribution < -0.4 is 5.32 Å². The summed E-state index contributed by atoms with van der Waals surface area (Å²) in [4.78, 5) is 13.6. The molecule has 0 aliphatic carbocycles. The molecule has 2 aromatic carbocycles. The number of fused-ring (bicyclic) bond motifs is 1. The molecule has 11 heteroatoms. The summed E-state index contributed by atoms with van der Waals surface area (Å²) >= 11 is 0. The van der Waals surface area contributed by atoms with Crippen molar-refractivity contribution in [2.45, 2.75) is 56.6 Å². The van der Waals surface area contributed by atoms with Gasteiger partial charge in [0.1, 0.15) is 11.4 Å². The van der Waals surface area contributed by atoms with Gasteiger partial charge in [-0.1, -0.05) is 12.1 Å². The molecule has 0 radical (unpaired) electrons. The van der Waals surface area contributed by atoms with Gasteiger partial charge in [0, 0.05) is 42.0 Å². The van der Waals surface area contributed by atoms with E-state index in [1.165, 1.54) is 18.2 Å². The zero-order valence-corrected chi connectivity index (χ0v) is 21.0. The van der Waals surface area contributed by atoms with E-state index < -0.39 is 39.5 Å². The van der Waals surface area contributed by atoms with E-state index in [1.807, 2.05) is 0 Å². The average molecular weight is 524 g/mol. The number of aromatic nitrogens is 1. The number of piperidine rings is 1. The van der Waals surface area contributed by atoms with E-state index in [4.69, 9.17) is 4.74 Å². The summed E-state index contributed by atoms with van der Waals surface area (Å²) in [5.41, 5.74) is -0.622. The largest absolute Gasteiger partial charge is 0.444 e. The molecule has 1 aliphatic heterocycles. The smallest absolute Gasteiger partial charge is 0.410 e.